The normalized spacial score (nSPS) is 18.9. The van der Waals surface area contributed by atoms with Crippen LogP contribution in [-0.2, 0) is 38.4 Å². The Morgan fingerprint density at radius 3 is 2.09 bits per heavy atom. The third kappa shape index (κ3) is 6.32. The number of sulfone groups is 1. The van der Waals surface area contributed by atoms with Crippen LogP contribution in [0.15, 0.2) is 84.6 Å². The number of hydrogen-bond donors (Lipinski definition) is 1. The molecule has 4 rings (SSSR count). The molecule has 234 valence electrons. The fraction of sp³-hybridized carbons (Fsp3) is 0.310. The Morgan fingerprint density at radius 2 is 1.59 bits per heavy atom. The van der Waals surface area contributed by atoms with Crippen LogP contribution >= 0.6 is 0 Å². The molecule has 15 heteroatoms. The number of alkyl halides is 3. The second-order valence-corrected chi connectivity index (χ2v) is 11.6. The molecule has 0 saturated carbocycles. The molecule has 11 nitrogen and oxygen atoms in total. The van der Waals surface area contributed by atoms with Gasteiger partial charge in [-0.15, -0.1) is 0 Å². The Balaban J connectivity index is 1.60. The number of hydrogen-bond acceptors (Lipinski definition) is 9. The van der Waals surface area contributed by atoms with E-state index in [0.717, 1.165) is 4.90 Å². The number of rotatable bonds is 10. The fourth-order valence-corrected chi connectivity index (χ4v) is 5.58. The molecule has 2 aromatic rings. The highest BCUT2D eigenvalue weighted by atomic mass is 32.2. The smallest absolute Gasteiger partial charge is 0.463 e. The average Bonchev–Trinajstić information content (AvgIpc) is 3.00. The summed E-state index contributed by atoms with van der Waals surface area (Å²) in [6.45, 7) is 4.49. The Hall–Kier alpha value is -4.66. The van der Waals surface area contributed by atoms with Crippen LogP contribution in [0, 0.1) is 0 Å². The molecular weight excluding hydrogens is 609 g/mol. The zero-order valence-electron chi connectivity index (χ0n) is 23.2. The van der Waals surface area contributed by atoms with Crippen LogP contribution in [0.25, 0.3) is 0 Å². The van der Waals surface area contributed by atoms with Gasteiger partial charge < -0.3 is 19.5 Å². The van der Waals surface area contributed by atoms with Crippen molar-refractivity contribution < 1.29 is 55.0 Å². The van der Waals surface area contributed by atoms with Crippen LogP contribution in [-0.4, -0.2) is 66.9 Å². The van der Waals surface area contributed by atoms with Gasteiger partial charge in [0.25, 0.3) is 15.7 Å². The van der Waals surface area contributed by atoms with Gasteiger partial charge in [-0.05, 0) is 37.0 Å². The number of β-lactam (4-membered cyclic amide) rings is 1. The van der Waals surface area contributed by atoms with Gasteiger partial charge in [-0.1, -0.05) is 67.2 Å². The van der Waals surface area contributed by atoms with E-state index in [1.165, 1.54) is 0 Å². The SMILES string of the molecule is C=CC(OC(=O)N[C@@H]1C(=O)N2C(C(=O)OC(c3ccccc3)c3ccccc3)=C(C(=O)OCC)CC[C@H]12)S(=O)(=O)C(F)(F)F. The summed E-state index contributed by atoms with van der Waals surface area (Å²) in [4.78, 5) is 53.2. The van der Waals surface area contributed by atoms with Gasteiger partial charge in [0.1, 0.15) is 11.7 Å². The second kappa shape index (κ2) is 12.9. The molecule has 0 spiro atoms. The summed E-state index contributed by atoms with van der Waals surface area (Å²) >= 11 is 0. The molecule has 3 atom stereocenters. The van der Waals surface area contributed by atoms with Gasteiger partial charge in [0.15, 0.2) is 6.10 Å². The van der Waals surface area contributed by atoms with Crippen LogP contribution in [0.2, 0.25) is 0 Å². The number of nitrogens with zero attached hydrogens (tertiary/aromatic N) is 1. The summed E-state index contributed by atoms with van der Waals surface area (Å²) in [5.41, 5.74) is -7.85. The molecular formula is C29H27F3N2O9S. The van der Waals surface area contributed by atoms with E-state index >= 15 is 0 Å². The molecule has 44 heavy (non-hydrogen) atoms. The minimum absolute atomic E-state index is 0.0278. The first-order chi connectivity index (χ1) is 20.8. The lowest BCUT2D eigenvalue weighted by atomic mass is 9.83. The van der Waals surface area contributed by atoms with E-state index in [2.05, 4.69) is 16.6 Å². The number of nitrogens with one attached hydrogen (secondary N) is 1. The number of alkyl carbamates (subject to hydrolysis) is 1. The molecule has 0 aliphatic carbocycles. The van der Waals surface area contributed by atoms with E-state index in [-0.39, 0.29) is 31.1 Å². The van der Waals surface area contributed by atoms with E-state index in [9.17, 15) is 40.8 Å². The summed E-state index contributed by atoms with van der Waals surface area (Å²) < 4.78 is 77.5. The summed E-state index contributed by atoms with van der Waals surface area (Å²) in [5, 5.41) is 2.05. The minimum Gasteiger partial charge on any atom is -0.463 e. The van der Waals surface area contributed by atoms with Crippen molar-refractivity contribution in [3.8, 4) is 0 Å². The van der Waals surface area contributed by atoms with Crippen molar-refractivity contribution >= 4 is 33.8 Å². The number of halogens is 3. The zero-order valence-corrected chi connectivity index (χ0v) is 24.0. The molecule has 2 aliphatic rings. The van der Waals surface area contributed by atoms with Gasteiger partial charge in [-0.3, -0.25) is 9.69 Å². The minimum atomic E-state index is -5.96. The standard InChI is InChI=1S/C29H27F3N2O9S/c1-3-21(44(39,40)29(30,31)32)42-28(38)33-22-20-16-15-19(26(36)41-4-2)23(34(20)25(22)35)27(37)43-24(17-11-7-5-8-12-17)18-13-9-6-10-14-18/h3,5-14,20-22,24H,1,4,15-16H2,2H3,(H,33,38)/t20-,21?,22+/m1/s1. The maximum atomic E-state index is 13.7. The largest absolute Gasteiger partial charge is 0.501 e. The number of carbonyl (C=O) groups is 4. The number of fused-ring (bicyclic) bond motifs is 1. The summed E-state index contributed by atoms with van der Waals surface area (Å²) in [6.07, 6.45) is -2.35. The number of amides is 2. The van der Waals surface area contributed by atoms with Crippen LogP contribution in [0.4, 0.5) is 18.0 Å². The van der Waals surface area contributed by atoms with Gasteiger partial charge in [-0.25, -0.2) is 22.8 Å². The molecule has 2 amide bonds. The van der Waals surface area contributed by atoms with Gasteiger partial charge in [-0.2, -0.15) is 13.2 Å². The summed E-state index contributed by atoms with van der Waals surface area (Å²) in [5.74, 6) is -2.80. The number of esters is 2. The molecule has 1 saturated heterocycles. The van der Waals surface area contributed by atoms with E-state index < -0.39 is 68.6 Å². The van der Waals surface area contributed by atoms with Gasteiger partial charge in [0.2, 0.25) is 5.44 Å². The average molecular weight is 637 g/mol. The van der Waals surface area contributed by atoms with E-state index in [0.29, 0.717) is 11.1 Å². The van der Waals surface area contributed by atoms with Crippen molar-refractivity contribution in [3.05, 3.63) is 95.7 Å². The zero-order chi connectivity index (χ0) is 32.2. The number of benzene rings is 2. The third-order valence-electron chi connectivity index (χ3n) is 6.90. The van der Waals surface area contributed by atoms with Crippen LogP contribution in [0.1, 0.15) is 37.0 Å². The maximum Gasteiger partial charge on any atom is 0.501 e. The predicted molar refractivity (Wildman–Crippen MR) is 147 cm³/mol. The topological polar surface area (TPSA) is 145 Å². The summed E-state index contributed by atoms with van der Waals surface area (Å²) in [7, 11) is -5.96. The molecule has 1 unspecified atom stereocenters. The number of carbonyl (C=O) groups excluding carboxylic acids is 4. The van der Waals surface area contributed by atoms with Gasteiger partial charge in [0, 0.05) is 0 Å². The highest BCUT2D eigenvalue weighted by Crippen LogP contribution is 2.39. The highest BCUT2D eigenvalue weighted by molar-refractivity contribution is 7.92. The molecule has 1 fully saturated rings. The molecule has 2 aliphatic heterocycles. The Labute approximate surface area is 250 Å². The Bertz CT molecular complexity index is 1540. The van der Waals surface area contributed by atoms with Crippen molar-refractivity contribution in [1.29, 1.82) is 0 Å². The van der Waals surface area contributed by atoms with Crippen LogP contribution in [0.5, 0.6) is 0 Å². The van der Waals surface area contributed by atoms with Crippen LogP contribution in [0.3, 0.4) is 0 Å². The second-order valence-electron chi connectivity index (χ2n) is 9.59. The van der Waals surface area contributed by atoms with Gasteiger partial charge in [0.05, 0.1) is 18.2 Å². The summed E-state index contributed by atoms with van der Waals surface area (Å²) in [6, 6.07) is 15.1. The van der Waals surface area contributed by atoms with Gasteiger partial charge >= 0.3 is 23.5 Å². The third-order valence-corrected chi connectivity index (χ3v) is 8.44. The monoisotopic (exact) mass is 636 g/mol. The van der Waals surface area contributed by atoms with Crippen LogP contribution < -0.4 is 5.32 Å². The quantitative estimate of drug-likeness (QED) is 0.179. The molecule has 1 N–H and O–H groups in total. The van der Waals surface area contributed by atoms with E-state index in [1.807, 2.05) is 0 Å². The maximum absolute atomic E-state index is 13.7. The lowest BCUT2D eigenvalue weighted by Gasteiger charge is -2.50. The lowest BCUT2D eigenvalue weighted by Crippen LogP contribution is -2.72. The highest BCUT2D eigenvalue weighted by Gasteiger charge is 2.56. The lowest BCUT2D eigenvalue weighted by molar-refractivity contribution is -0.159. The molecule has 0 aromatic heterocycles. The first kappa shape index (κ1) is 32.3. The Morgan fingerprint density at radius 1 is 1.02 bits per heavy atom. The first-order valence-corrected chi connectivity index (χ1v) is 14.8. The first-order valence-electron chi connectivity index (χ1n) is 13.3. The van der Waals surface area contributed by atoms with Crippen molar-refractivity contribution in [3.63, 3.8) is 0 Å². The van der Waals surface area contributed by atoms with Crippen molar-refractivity contribution in [2.24, 2.45) is 0 Å². The molecule has 0 bridgehead atoms. The number of ether oxygens (including phenoxy) is 3. The van der Waals surface area contributed by atoms with E-state index in [1.54, 1.807) is 67.6 Å². The fourth-order valence-electron chi connectivity index (χ4n) is 4.85. The predicted octanol–water partition coefficient (Wildman–Crippen LogP) is 3.68. The van der Waals surface area contributed by atoms with Crippen molar-refractivity contribution in [1.82, 2.24) is 10.2 Å². The molecule has 0 radical (unpaired) electrons. The van der Waals surface area contributed by atoms with Crippen molar-refractivity contribution in [2.75, 3.05) is 6.61 Å². The Kier molecular flexibility index (Phi) is 9.47. The molecule has 2 aromatic carbocycles. The van der Waals surface area contributed by atoms with Crippen molar-refractivity contribution in [2.45, 2.75) is 48.9 Å². The molecule has 2 heterocycles. The van der Waals surface area contributed by atoms with E-state index in [4.69, 9.17) is 9.47 Å².